The van der Waals surface area contributed by atoms with Crippen molar-refractivity contribution in [2.24, 2.45) is 0 Å². The number of anilines is 1. The van der Waals surface area contributed by atoms with E-state index in [0.29, 0.717) is 36.6 Å². The second-order valence-corrected chi connectivity index (χ2v) is 7.94. The van der Waals surface area contributed by atoms with E-state index >= 15 is 0 Å². The van der Waals surface area contributed by atoms with E-state index in [1.807, 2.05) is 18.2 Å². The van der Waals surface area contributed by atoms with Crippen LogP contribution in [-0.2, 0) is 19.5 Å². The highest BCUT2D eigenvalue weighted by molar-refractivity contribution is 6.04. The number of aromatic amines is 1. The molecule has 3 heterocycles. The molecule has 2 amide bonds. The van der Waals surface area contributed by atoms with Gasteiger partial charge in [0, 0.05) is 36.1 Å². The molecule has 1 aliphatic heterocycles. The highest BCUT2D eigenvalue weighted by atomic mass is 19.1. The van der Waals surface area contributed by atoms with Crippen LogP contribution in [0.3, 0.4) is 0 Å². The summed E-state index contributed by atoms with van der Waals surface area (Å²) < 4.78 is 15.1. The summed E-state index contributed by atoms with van der Waals surface area (Å²) in [5.41, 5.74) is 3.98. The van der Waals surface area contributed by atoms with Crippen LogP contribution in [0.15, 0.2) is 72.9 Å². The summed E-state index contributed by atoms with van der Waals surface area (Å²) in [5, 5.41) is 7.52. The number of nitrogens with one attached hydrogen (secondary N) is 2. The van der Waals surface area contributed by atoms with Crippen LogP contribution in [0, 0.1) is 5.82 Å². The van der Waals surface area contributed by atoms with Gasteiger partial charge in [0.15, 0.2) is 5.69 Å². The fraction of sp³-hybridized carbons (Fsp3) is 0.160. The lowest BCUT2D eigenvalue weighted by molar-refractivity contribution is 0.0726. The number of halogens is 1. The maximum Gasteiger partial charge on any atom is 0.276 e. The standard InChI is InChI=1S/C25H22FN5O2/c26-18-10-8-17(9-11-18)15-31-22-12-14-30(25(33)21-7-4-13-27-21)16-20(22)23(29-31)24(32)28-19-5-2-1-3-6-19/h1-11,13,27H,12,14-16H2,(H,28,32). The van der Waals surface area contributed by atoms with Crippen molar-refractivity contribution >= 4 is 17.5 Å². The lowest BCUT2D eigenvalue weighted by Crippen LogP contribution is -2.37. The van der Waals surface area contributed by atoms with E-state index in [2.05, 4.69) is 15.4 Å². The van der Waals surface area contributed by atoms with Gasteiger partial charge >= 0.3 is 0 Å². The lowest BCUT2D eigenvalue weighted by atomic mass is 10.0. The Morgan fingerprint density at radius 3 is 2.55 bits per heavy atom. The van der Waals surface area contributed by atoms with Crippen LogP contribution >= 0.6 is 0 Å². The Labute approximate surface area is 189 Å². The molecule has 0 radical (unpaired) electrons. The third-order valence-electron chi connectivity index (χ3n) is 5.74. The van der Waals surface area contributed by atoms with Gasteiger partial charge in [0.25, 0.3) is 11.8 Å². The minimum Gasteiger partial charge on any atom is -0.357 e. The number of para-hydroxylation sites is 1. The third kappa shape index (κ3) is 4.27. The normalized spacial score (nSPS) is 12.9. The van der Waals surface area contributed by atoms with Gasteiger partial charge in [-0.1, -0.05) is 30.3 Å². The Hall–Kier alpha value is -4.20. The summed E-state index contributed by atoms with van der Waals surface area (Å²) in [4.78, 5) is 30.7. The number of carbonyl (C=O) groups excluding carboxylic acids is 2. The van der Waals surface area contributed by atoms with Crippen LogP contribution in [0.5, 0.6) is 0 Å². The van der Waals surface area contributed by atoms with Crippen molar-refractivity contribution in [1.82, 2.24) is 19.7 Å². The largest absolute Gasteiger partial charge is 0.357 e. The van der Waals surface area contributed by atoms with Gasteiger partial charge in [-0.3, -0.25) is 14.3 Å². The van der Waals surface area contributed by atoms with Crippen molar-refractivity contribution in [1.29, 1.82) is 0 Å². The molecule has 1 aliphatic rings. The van der Waals surface area contributed by atoms with Gasteiger partial charge in [-0.25, -0.2) is 4.39 Å². The van der Waals surface area contributed by atoms with Crippen LogP contribution in [-0.4, -0.2) is 38.0 Å². The molecule has 4 aromatic rings. The first-order valence-corrected chi connectivity index (χ1v) is 10.7. The summed E-state index contributed by atoms with van der Waals surface area (Å²) in [5.74, 6) is -0.751. The summed E-state index contributed by atoms with van der Waals surface area (Å²) in [6.45, 7) is 1.21. The van der Waals surface area contributed by atoms with Crippen molar-refractivity contribution in [2.45, 2.75) is 19.5 Å². The van der Waals surface area contributed by atoms with Crippen molar-refractivity contribution in [3.8, 4) is 0 Å². The predicted molar refractivity (Wildman–Crippen MR) is 121 cm³/mol. The summed E-state index contributed by atoms with van der Waals surface area (Å²) in [7, 11) is 0. The number of fused-ring (bicyclic) bond motifs is 1. The first-order valence-electron chi connectivity index (χ1n) is 10.7. The molecule has 33 heavy (non-hydrogen) atoms. The second kappa shape index (κ2) is 8.74. The van der Waals surface area contributed by atoms with E-state index in [4.69, 9.17) is 0 Å². The summed E-state index contributed by atoms with van der Waals surface area (Å²) in [6, 6.07) is 18.9. The highest BCUT2D eigenvalue weighted by Gasteiger charge is 2.31. The van der Waals surface area contributed by atoms with Crippen molar-refractivity contribution < 1.29 is 14.0 Å². The molecule has 2 N–H and O–H groups in total. The molecule has 0 aliphatic carbocycles. The fourth-order valence-corrected chi connectivity index (χ4v) is 4.09. The van der Waals surface area contributed by atoms with Crippen LogP contribution < -0.4 is 5.32 Å². The van der Waals surface area contributed by atoms with Crippen LogP contribution in [0.25, 0.3) is 0 Å². The maximum atomic E-state index is 13.3. The van der Waals surface area contributed by atoms with E-state index < -0.39 is 0 Å². The van der Waals surface area contributed by atoms with Gasteiger partial charge in [0.2, 0.25) is 0 Å². The molecule has 0 fully saturated rings. The fourth-order valence-electron chi connectivity index (χ4n) is 4.09. The third-order valence-corrected chi connectivity index (χ3v) is 5.74. The molecule has 5 rings (SSSR count). The monoisotopic (exact) mass is 443 g/mol. The molecule has 8 heteroatoms. The molecule has 0 atom stereocenters. The Morgan fingerprint density at radius 2 is 1.82 bits per heavy atom. The average Bonchev–Trinajstić information content (AvgIpc) is 3.49. The van der Waals surface area contributed by atoms with Gasteiger partial charge in [0.05, 0.1) is 13.1 Å². The van der Waals surface area contributed by atoms with E-state index in [-0.39, 0.29) is 24.2 Å². The number of H-pyrrole nitrogens is 1. The number of carbonyl (C=O) groups is 2. The van der Waals surface area contributed by atoms with E-state index in [1.54, 1.807) is 52.2 Å². The first kappa shape index (κ1) is 20.7. The number of aromatic nitrogens is 3. The molecular weight excluding hydrogens is 421 g/mol. The van der Waals surface area contributed by atoms with Crippen molar-refractivity contribution in [2.75, 3.05) is 11.9 Å². The molecule has 2 aromatic carbocycles. The number of rotatable bonds is 5. The Morgan fingerprint density at radius 1 is 1.03 bits per heavy atom. The predicted octanol–water partition coefficient (Wildman–Crippen LogP) is 3.85. The quantitative estimate of drug-likeness (QED) is 0.492. The molecule has 2 aromatic heterocycles. The zero-order valence-electron chi connectivity index (χ0n) is 17.8. The van der Waals surface area contributed by atoms with E-state index in [9.17, 15) is 14.0 Å². The molecule has 0 spiro atoms. The summed E-state index contributed by atoms with van der Waals surface area (Å²) >= 11 is 0. The van der Waals surface area contributed by atoms with Crippen LogP contribution in [0.4, 0.5) is 10.1 Å². The minimum absolute atomic E-state index is 0.119. The Balaban J connectivity index is 1.48. The molecule has 7 nitrogen and oxygen atoms in total. The Bertz CT molecular complexity index is 1280. The lowest BCUT2D eigenvalue weighted by Gasteiger charge is -2.27. The van der Waals surface area contributed by atoms with Crippen LogP contribution in [0.1, 0.15) is 37.8 Å². The van der Waals surface area contributed by atoms with Gasteiger partial charge in [-0.15, -0.1) is 0 Å². The van der Waals surface area contributed by atoms with E-state index in [0.717, 1.165) is 16.8 Å². The number of hydrogen-bond acceptors (Lipinski definition) is 3. The Kier molecular flexibility index (Phi) is 5.48. The topological polar surface area (TPSA) is 83.0 Å². The second-order valence-electron chi connectivity index (χ2n) is 7.94. The highest BCUT2D eigenvalue weighted by Crippen LogP contribution is 2.25. The zero-order valence-corrected chi connectivity index (χ0v) is 17.8. The molecular formula is C25H22FN5O2. The SMILES string of the molecule is O=C(Nc1ccccc1)c1nn(Cc2ccc(F)cc2)c2c1CN(C(=O)c1ccc[nH]1)CC2. The summed E-state index contributed by atoms with van der Waals surface area (Å²) in [6.07, 6.45) is 2.27. The van der Waals surface area contributed by atoms with Crippen molar-refractivity contribution in [3.05, 3.63) is 107 Å². The average molecular weight is 443 g/mol. The minimum atomic E-state index is -0.329. The van der Waals surface area contributed by atoms with E-state index in [1.165, 1.54) is 12.1 Å². The molecule has 0 bridgehead atoms. The van der Waals surface area contributed by atoms with Crippen LogP contribution in [0.2, 0.25) is 0 Å². The number of amides is 2. The zero-order chi connectivity index (χ0) is 22.8. The molecule has 0 unspecified atom stereocenters. The van der Waals surface area contributed by atoms with Gasteiger partial charge in [0.1, 0.15) is 11.5 Å². The number of nitrogens with zero attached hydrogens (tertiary/aromatic N) is 3. The molecule has 166 valence electrons. The van der Waals surface area contributed by atoms with Gasteiger partial charge in [-0.05, 0) is 42.0 Å². The smallest absolute Gasteiger partial charge is 0.276 e. The number of benzene rings is 2. The van der Waals surface area contributed by atoms with Gasteiger partial charge in [-0.2, -0.15) is 5.10 Å². The number of hydrogen-bond donors (Lipinski definition) is 2. The molecule has 0 saturated carbocycles. The van der Waals surface area contributed by atoms with Crippen molar-refractivity contribution in [3.63, 3.8) is 0 Å². The molecule has 0 saturated heterocycles. The first-order chi connectivity index (χ1) is 16.1. The van der Waals surface area contributed by atoms with Gasteiger partial charge < -0.3 is 15.2 Å². The maximum absolute atomic E-state index is 13.3.